The first kappa shape index (κ1) is 22.4. The quantitative estimate of drug-likeness (QED) is 0.349. The topological polar surface area (TPSA) is 34.2 Å². The Morgan fingerprint density at radius 2 is 1.70 bits per heavy atom. The minimum absolute atomic E-state index is 0.338. The molecule has 0 radical (unpaired) electrons. The molecule has 0 saturated carbocycles. The smallest absolute Gasteiger partial charge is 0.416 e. The van der Waals surface area contributed by atoms with Crippen molar-refractivity contribution in [3.05, 3.63) is 42.2 Å². The SMILES string of the molecule is CCCCN(CCCC)CCCn1c(-c2ccco2)nc2cc(C(F)(F)F)ccc21. The Morgan fingerprint density at radius 1 is 1.00 bits per heavy atom. The van der Waals surface area contributed by atoms with Gasteiger partial charge in [-0.1, -0.05) is 26.7 Å². The lowest BCUT2D eigenvalue weighted by Crippen LogP contribution is -2.28. The van der Waals surface area contributed by atoms with Gasteiger partial charge < -0.3 is 13.9 Å². The minimum atomic E-state index is -4.39. The number of nitrogens with zero attached hydrogens (tertiary/aromatic N) is 3. The number of hydrogen-bond donors (Lipinski definition) is 0. The van der Waals surface area contributed by atoms with Crippen molar-refractivity contribution in [2.75, 3.05) is 19.6 Å². The van der Waals surface area contributed by atoms with Gasteiger partial charge in [0.25, 0.3) is 0 Å². The second kappa shape index (κ2) is 10.2. The molecule has 0 aliphatic carbocycles. The zero-order chi connectivity index (χ0) is 21.6. The standard InChI is InChI=1S/C23H30F3N3O/c1-3-5-12-28(13-6-4-2)14-8-15-29-20-11-10-18(23(24,25)26)17-19(20)27-22(29)21-9-7-16-30-21/h7,9-11,16-17H,3-6,8,12-15H2,1-2H3. The number of benzene rings is 1. The lowest BCUT2D eigenvalue weighted by molar-refractivity contribution is -0.137. The lowest BCUT2D eigenvalue weighted by Gasteiger charge is -2.22. The molecule has 0 amide bonds. The van der Waals surface area contributed by atoms with Crippen molar-refractivity contribution in [2.45, 2.75) is 58.7 Å². The van der Waals surface area contributed by atoms with Crippen LogP contribution < -0.4 is 0 Å². The van der Waals surface area contributed by atoms with E-state index >= 15 is 0 Å². The van der Waals surface area contributed by atoms with E-state index in [0.29, 0.717) is 29.2 Å². The van der Waals surface area contributed by atoms with E-state index in [1.54, 1.807) is 18.4 Å². The van der Waals surface area contributed by atoms with Crippen LogP contribution in [0.5, 0.6) is 0 Å². The van der Waals surface area contributed by atoms with Crippen molar-refractivity contribution < 1.29 is 17.6 Å². The van der Waals surface area contributed by atoms with Crippen LogP contribution in [0.1, 0.15) is 51.5 Å². The van der Waals surface area contributed by atoms with Crippen LogP contribution in [0.25, 0.3) is 22.6 Å². The van der Waals surface area contributed by atoms with Crippen molar-refractivity contribution in [1.29, 1.82) is 0 Å². The molecule has 1 aromatic carbocycles. The number of hydrogen-bond acceptors (Lipinski definition) is 3. The number of halogens is 3. The van der Waals surface area contributed by atoms with Crippen LogP contribution in [0, 0.1) is 0 Å². The van der Waals surface area contributed by atoms with Gasteiger partial charge in [-0.25, -0.2) is 4.98 Å². The molecule has 0 saturated heterocycles. The number of fused-ring (bicyclic) bond motifs is 1. The molecule has 0 aliphatic heterocycles. The average molecular weight is 422 g/mol. The molecule has 3 rings (SSSR count). The van der Waals surface area contributed by atoms with Gasteiger partial charge in [-0.2, -0.15) is 13.2 Å². The third kappa shape index (κ3) is 5.45. The van der Waals surface area contributed by atoms with E-state index in [2.05, 4.69) is 23.7 Å². The summed E-state index contributed by atoms with van der Waals surface area (Å²) in [5.41, 5.74) is 0.351. The molecule has 3 aromatic rings. The molecule has 0 unspecified atom stereocenters. The summed E-state index contributed by atoms with van der Waals surface area (Å²) in [5.74, 6) is 1.14. The van der Waals surface area contributed by atoms with Crippen LogP contribution in [-0.4, -0.2) is 34.1 Å². The van der Waals surface area contributed by atoms with E-state index in [-0.39, 0.29) is 0 Å². The van der Waals surface area contributed by atoms with Gasteiger partial charge in [-0.05, 0) is 69.2 Å². The van der Waals surface area contributed by atoms with Crippen molar-refractivity contribution in [3.8, 4) is 11.6 Å². The number of alkyl halides is 3. The molecule has 0 bridgehead atoms. The molecule has 0 atom stereocenters. The highest BCUT2D eigenvalue weighted by Crippen LogP contribution is 2.33. The normalized spacial score (nSPS) is 12.3. The third-order valence-corrected chi connectivity index (χ3v) is 5.33. The molecule has 0 fully saturated rings. The maximum Gasteiger partial charge on any atom is 0.416 e. The molecular weight excluding hydrogens is 391 g/mol. The zero-order valence-electron chi connectivity index (χ0n) is 17.7. The Kier molecular flexibility index (Phi) is 7.58. The van der Waals surface area contributed by atoms with Gasteiger partial charge in [0.2, 0.25) is 0 Å². The van der Waals surface area contributed by atoms with Crippen molar-refractivity contribution in [1.82, 2.24) is 14.5 Å². The van der Waals surface area contributed by atoms with Gasteiger partial charge in [0.15, 0.2) is 11.6 Å². The Labute approximate surface area is 175 Å². The molecule has 4 nitrogen and oxygen atoms in total. The third-order valence-electron chi connectivity index (χ3n) is 5.33. The van der Waals surface area contributed by atoms with E-state index in [1.165, 1.54) is 31.7 Å². The summed E-state index contributed by atoms with van der Waals surface area (Å²) in [4.78, 5) is 6.97. The summed E-state index contributed by atoms with van der Waals surface area (Å²) in [6.07, 6.45) is 2.75. The molecule has 30 heavy (non-hydrogen) atoms. The van der Waals surface area contributed by atoms with Crippen LogP contribution in [0.15, 0.2) is 41.0 Å². The highest BCUT2D eigenvalue weighted by molar-refractivity contribution is 5.80. The zero-order valence-corrected chi connectivity index (χ0v) is 17.7. The van der Waals surface area contributed by atoms with Crippen molar-refractivity contribution >= 4 is 11.0 Å². The van der Waals surface area contributed by atoms with Crippen LogP contribution >= 0.6 is 0 Å². The van der Waals surface area contributed by atoms with Crippen LogP contribution in [-0.2, 0) is 12.7 Å². The summed E-state index contributed by atoms with van der Waals surface area (Å²) < 4.78 is 46.9. The lowest BCUT2D eigenvalue weighted by atomic mass is 10.2. The van der Waals surface area contributed by atoms with Gasteiger partial charge in [0.1, 0.15) is 0 Å². The fourth-order valence-electron chi connectivity index (χ4n) is 3.68. The highest BCUT2D eigenvalue weighted by Gasteiger charge is 2.31. The second-order valence-corrected chi connectivity index (χ2v) is 7.67. The average Bonchev–Trinajstić information content (AvgIpc) is 3.36. The van der Waals surface area contributed by atoms with Gasteiger partial charge in [0, 0.05) is 6.54 Å². The van der Waals surface area contributed by atoms with E-state index in [0.717, 1.165) is 38.2 Å². The Bertz CT molecular complexity index is 908. The molecule has 2 aromatic heterocycles. The maximum atomic E-state index is 13.1. The first-order valence-electron chi connectivity index (χ1n) is 10.8. The monoisotopic (exact) mass is 421 g/mol. The van der Waals surface area contributed by atoms with Crippen molar-refractivity contribution in [3.63, 3.8) is 0 Å². The molecule has 0 spiro atoms. The van der Waals surface area contributed by atoms with Gasteiger partial charge in [-0.15, -0.1) is 0 Å². The summed E-state index contributed by atoms with van der Waals surface area (Å²) >= 11 is 0. The van der Waals surface area contributed by atoms with E-state index in [4.69, 9.17) is 4.42 Å². The van der Waals surface area contributed by atoms with Crippen LogP contribution in [0.2, 0.25) is 0 Å². The maximum absolute atomic E-state index is 13.1. The second-order valence-electron chi connectivity index (χ2n) is 7.67. The summed E-state index contributed by atoms with van der Waals surface area (Å²) in [7, 11) is 0. The Morgan fingerprint density at radius 3 is 2.30 bits per heavy atom. The molecule has 0 N–H and O–H groups in total. The summed E-state index contributed by atoms with van der Waals surface area (Å²) in [5, 5.41) is 0. The number of imidazole rings is 1. The molecular formula is C23H30F3N3O. The van der Waals surface area contributed by atoms with E-state index < -0.39 is 11.7 Å². The Balaban J connectivity index is 1.83. The molecule has 164 valence electrons. The predicted molar refractivity (Wildman–Crippen MR) is 113 cm³/mol. The molecule has 2 heterocycles. The van der Waals surface area contributed by atoms with Crippen LogP contribution in [0.3, 0.4) is 0 Å². The fourth-order valence-corrected chi connectivity index (χ4v) is 3.68. The van der Waals surface area contributed by atoms with E-state index in [9.17, 15) is 13.2 Å². The van der Waals surface area contributed by atoms with Gasteiger partial charge in [0.05, 0.1) is 22.9 Å². The molecule has 7 heteroatoms. The first-order valence-corrected chi connectivity index (χ1v) is 10.8. The highest BCUT2D eigenvalue weighted by atomic mass is 19.4. The number of aryl methyl sites for hydroxylation is 1. The number of rotatable bonds is 11. The number of unbranched alkanes of at least 4 members (excludes halogenated alkanes) is 2. The molecule has 0 aliphatic rings. The fraction of sp³-hybridized carbons (Fsp3) is 0.522. The predicted octanol–water partition coefficient (Wildman–Crippen LogP) is 6.61. The summed E-state index contributed by atoms with van der Waals surface area (Å²) in [6.45, 7) is 8.19. The number of aromatic nitrogens is 2. The number of furan rings is 1. The van der Waals surface area contributed by atoms with Crippen molar-refractivity contribution in [2.24, 2.45) is 0 Å². The first-order chi connectivity index (χ1) is 14.4. The summed E-state index contributed by atoms with van der Waals surface area (Å²) in [6, 6.07) is 7.31. The van der Waals surface area contributed by atoms with Crippen LogP contribution in [0.4, 0.5) is 13.2 Å². The van der Waals surface area contributed by atoms with E-state index in [1.807, 2.05) is 4.57 Å². The minimum Gasteiger partial charge on any atom is -0.461 e. The van der Waals surface area contributed by atoms with Gasteiger partial charge in [-0.3, -0.25) is 0 Å². The van der Waals surface area contributed by atoms with Gasteiger partial charge >= 0.3 is 6.18 Å². The largest absolute Gasteiger partial charge is 0.461 e. The Hall–Kier alpha value is -2.28.